The van der Waals surface area contributed by atoms with E-state index in [1.54, 1.807) is 29.4 Å². The summed E-state index contributed by atoms with van der Waals surface area (Å²) in [5, 5.41) is 6.47. The van der Waals surface area contributed by atoms with Crippen LogP contribution in [0.15, 0.2) is 71.9 Å². The van der Waals surface area contributed by atoms with Crippen LogP contribution in [0.3, 0.4) is 0 Å². The van der Waals surface area contributed by atoms with Crippen LogP contribution in [-0.2, 0) is 16.0 Å². The normalized spacial score (nSPS) is 17.4. The predicted molar refractivity (Wildman–Crippen MR) is 151 cm³/mol. The number of carbonyl (C=O) groups excluding carboxylic acids is 2. The molecule has 1 radical (unpaired) electrons. The van der Waals surface area contributed by atoms with Crippen molar-refractivity contribution in [2.45, 2.75) is 39.2 Å². The van der Waals surface area contributed by atoms with Gasteiger partial charge >= 0.3 is 5.84 Å². The minimum Gasteiger partial charge on any atom is -0.378 e. The Hall–Kier alpha value is -4.02. The number of carbonyl (C=O) groups is 2. The van der Waals surface area contributed by atoms with Gasteiger partial charge in [-0.3, -0.25) is 14.5 Å². The number of nitrogens with zero attached hydrogens (tertiary/aromatic N) is 5. The summed E-state index contributed by atoms with van der Waals surface area (Å²) in [6.07, 6.45) is 8.47. The Labute approximate surface area is 229 Å². The predicted octanol–water partition coefficient (Wildman–Crippen LogP) is 3.16. The number of pyridine rings is 1. The molecule has 5 rings (SSSR count). The first-order valence-corrected chi connectivity index (χ1v) is 13.3. The third-order valence-corrected chi connectivity index (χ3v) is 7.09. The molecule has 2 aromatic rings. The molecule has 39 heavy (non-hydrogen) atoms. The van der Waals surface area contributed by atoms with E-state index in [2.05, 4.69) is 32.4 Å². The molecular formula is C29H35N7O3+. The second-order valence-corrected chi connectivity index (χ2v) is 10.5. The summed E-state index contributed by atoms with van der Waals surface area (Å²) >= 11 is 0. The van der Waals surface area contributed by atoms with Crippen molar-refractivity contribution in [1.29, 1.82) is 0 Å². The lowest BCUT2D eigenvalue weighted by atomic mass is 10.0. The van der Waals surface area contributed by atoms with Crippen molar-refractivity contribution in [1.82, 2.24) is 20.1 Å². The van der Waals surface area contributed by atoms with E-state index < -0.39 is 0 Å². The Morgan fingerprint density at radius 3 is 2.72 bits per heavy atom. The van der Waals surface area contributed by atoms with Crippen LogP contribution in [0, 0.1) is 0 Å². The molecule has 10 nitrogen and oxygen atoms in total. The van der Waals surface area contributed by atoms with Crippen LogP contribution in [0.25, 0.3) is 0 Å². The molecule has 3 aliphatic rings. The van der Waals surface area contributed by atoms with E-state index in [1.165, 1.54) is 0 Å². The standard InChI is InChI=1S/C29H35N7O3/c1-4-29(2,3)33-26(37)17-21-6-5-7-23(16-21)36-19-24(27-30-10-11-35(27)20-36)32-25-9-8-22(18-31-25)28(38)34-12-14-39-15-13-34/h5-11,16,18-19H,4,12-15,17,20H2,1-3H3,(H,31,32)(H,33,37)/q+1. The molecule has 1 aromatic heterocycles. The summed E-state index contributed by atoms with van der Waals surface area (Å²) in [7, 11) is 0. The summed E-state index contributed by atoms with van der Waals surface area (Å²) in [5.74, 6) is 1.37. The van der Waals surface area contributed by atoms with E-state index >= 15 is 0 Å². The van der Waals surface area contributed by atoms with E-state index in [9.17, 15) is 9.59 Å². The molecule has 0 saturated carbocycles. The number of benzene rings is 1. The third kappa shape index (κ3) is 6.35. The van der Waals surface area contributed by atoms with Gasteiger partial charge in [0.2, 0.25) is 12.6 Å². The molecule has 1 fully saturated rings. The number of hydrogen-bond acceptors (Lipinski definition) is 8. The number of aliphatic imine (C=N–C) groups is 1. The Bertz CT molecular complexity index is 1310. The summed E-state index contributed by atoms with van der Waals surface area (Å²) < 4.78 is 5.34. The van der Waals surface area contributed by atoms with Crippen LogP contribution >= 0.6 is 0 Å². The van der Waals surface area contributed by atoms with Gasteiger partial charge in [-0.1, -0.05) is 24.0 Å². The molecule has 0 aliphatic carbocycles. The van der Waals surface area contributed by atoms with E-state index in [-0.39, 0.29) is 17.4 Å². The van der Waals surface area contributed by atoms with Crippen molar-refractivity contribution in [3.63, 3.8) is 0 Å². The first-order valence-electron chi connectivity index (χ1n) is 13.3. The Balaban J connectivity index is 1.31. The van der Waals surface area contributed by atoms with Crippen LogP contribution in [0.5, 0.6) is 0 Å². The highest BCUT2D eigenvalue weighted by molar-refractivity contribution is 6.06. The monoisotopic (exact) mass is 529 g/mol. The number of hydrogen-bond donors (Lipinski definition) is 2. The van der Waals surface area contributed by atoms with E-state index in [4.69, 9.17) is 4.74 Å². The topological polar surface area (TPSA) is 105 Å². The molecule has 0 unspecified atom stereocenters. The molecule has 203 valence electrons. The first kappa shape index (κ1) is 26.6. The highest BCUT2D eigenvalue weighted by Gasteiger charge is 2.36. The van der Waals surface area contributed by atoms with Crippen molar-refractivity contribution < 1.29 is 14.3 Å². The van der Waals surface area contributed by atoms with Crippen LogP contribution in [0.4, 0.5) is 11.5 Å². The number of morpholine rings is 1. The minimum absolute atomic E-state index is 0.00839. The summed E-state index contributed by atoms with van der Waals surface area (Å²) in [4.78, 5) is 40.3. The lowest BCUT2D eigenvalue weighted by Gasteiger charge is -2.27. The van der Waals surface area contributed by atoms with Gasteiger partial charge in [0, 0.05) is 36.7 Å². The number of nitrogens with one attached hydrogen (secondary N) is 2. The number of anilines is 2. The van der Waals surface area contributed by atoms with E-state index in [0.29, 0.717) is 50.8 Å². The molecule has 0 bridgehead atoms. The number of ether oxygens (including phenoxy) is 1. The van der Waals surface area contributed by atoms with Gasteiger partial charge in [-0.2, -0.15) is 4.99 Å². The van der Waals surface area contributed by atoms with Crippen molar-refractivity contribution in [2.75, 3.05) is 43.2 Å². The van der Waals surface area contributed by atoms with Gasteiger partial charge in [0.05, 0.1) is 31.4 Å². The van der Waals surface area contributed by atoms with Gasteiger partial charge in [-0.05, 0) is 50.1 Å². The maximum absolute atomic E-state index is 12.8. The summed E-state index contributed by atoms with van der Waals surface area (Å²) in [6, 6.07) is 11.6. The second kappa shape index (κ2) is 11.4. The fourth-order valence-corrected chi connectivity index (χ4v) is 4.55. The number of fused-ring (bicyclic) bond motifs is 1. The second-order valence-electron chi connectivity index (χ2n) is 10.5. The van der Waals surface area contributed by atoms with Crippen molar-refractivity contribution in [3.8, 4) is 0 Å². The van der Waals surface area contributed by atoms with Crippen molar-refractivity contribution in [3.05, 3.63) is 78.0 Å². The Morgan fingerprint density at radius 1 is 1.15 bits per heavy atom. The quantitative estimate of drug-likeness (QED) is 0.509. The number of aromatic nitrogens is 1. The van der Waals surface area contributed by atoms with E-state index in [1.807, 2.05) is 55.4 Å². The lowest BCUT2D eigenvalue weighted by molar-refractivity contribution is -0.122. The fourth-order valence-electron chi connectivity index (χ4n) is 4.55. The highest BCUT2D eigenvalue weighted by atomic mass is 16.5. The average molecular weight is 530 g/mol. The Morgan fingerprint density at radius 2 is 1.97 bits per heavy atom. The van der Waals surface area contributed by atoms with Crippen LogP contribution < -0.4 is 20.4 Å². The largest absolute Gasteiger partial charge is 0.378 e. The number of amidine groups is 1. The highest BCUT2D eigenvalue weighted by Crippen LogP contribution is 2.25. The SMILES string of the molecule is CCC(C)(C)NC(=O)Cc1cccc(N2C=C(Nc3ccc(C(=O)N4CCOCC4)cn3)C3=NC=C[N+]3C2)c1. The third-order valence-electron chi connectivity index (χ3n) is 7.09. The molecule has 2 N–H and O–H groups in total. The molecule has 2 amide bonds. The molecule has 4 heterocycles. The Kier molecular flexibility index (Phi) is 7.76. The molecule has 0 spiro atoms. The number of amides is 2. The van der Waals surface area contributed by atoms with Crippen molar-refractivity contribution >= 4 is 29.2 Å². The smallest absolute Gasteiger partial charge is 0.308 e. The van der Waals surface area contributed by atoms with E-state index in [0.717, 1.165) is 29.2 Å². The summed E-state index contributed by atoms with van der Waals surface area (Å²) in [6.45, 7) is 9.00. The van der Waals surface area contributed by atoms with Gasteiger partial charge in [-0.15, -0.1) is 0 Å². The molecule has 1 saturated heterocycles. The molecular weight excluding hydrogens is 494 g/mol. The number of rotatable bonds is 8. The lowest BCUT2D eigenvalue weighted by Crippen LogP contribution is -2.46. The van der Waals surface area contributed by atoms with Gasteiger partial charge in [0.15, 0.2) is 6.20 Å². The first-order chi connectivity index (χ1) is 18.8. The maximum Gasteiger partial charge on any atom is 0.308 e. The zero-order valence-corrected chi connectivity index (χ0v) is 22.7. The fraction of sp³-hybridized carbons (Fsp3) is 0.379. The average Bonchev–Trinajstić information content (AvgIpc) is 3.43. The molecule has 0 atom stereocenters. The van der Waals surface area contributed by atoms with Gasteiger partial charge in [-0.25, -0.2) is 4.98 Å². The zero-order chi connectivity index (χ0) is 27.4. The van der Waals surface area contributed by atoms with Crippen LogP contribution in [0.1, 0.15) is 43.1 Å². The summed E-state index contributed by atoms with van der Waals surface area (Å²) in [5.41, 5.74) is 3.00. The molecule has 1 aromatic carbocycles. The van der Waals surface area contributed by atoms with Gasteiger partial charge in [0.25, 0.3) is 5.91 Å². The van der Waals surface area contributed by atoms with Gasteiger partial charge < -0.3 is 20.3 Å². The minimum atomic E-state index is -0.231. The van der Waals surface area contributed by atoms with Crippen molar-refractivity contribution in [2.24, 2.45) is 4.99 Å². The van der Waals surface area contributed by atoms with Crippen LogP contribution in [-0.4, -0.2) is 66.0 Å². The van der Waals surface area contributed by atoms with Gasteiger partial charge in [0.1, 0.15) is 11.5 Å². The maximum atomic E-state index is 12.8. The zero-order valence-electron chi connectivity index (χ0n) is 22.7. The molecule has 10 heteroatoms. The molecule has 3 aliphatic heterocycles. The van der Waals surface area contributed by atoms with Crippen LogP contribution in [0.2, 0.25) is 0 Å².